The van der Waals surface area contributed by atoms with Gasteiger partial charge >= 0.3 is 0 Å². The van der Waals surface area contributed by atoms with Crippen molar-refractivity contribution >= 4 is 22.9 Å². The number of fused-ring (bicyclic) bond motifs is 1. The summed E-state index contributed by atoms with van der Waals surface area (Å²) in [6.07, 6.45) is 1.16. The molecule has 3 unspecified atom stereocenters. The predicted octanol–water partition coefficient (Wildman–Crippen LogP) is 2.05. The summed E-state index contributed by atoms with van der Waals surface area (Å²) in [6, 6.07) is 8.67. The molecule has 0 saturated carbocycles. The third kappa shape index (κ3) is 2.51. The van der Waals surface area contributed by atoms with Gasteiger partial charge in [0.1, 0.15) is 0 Å². The summed E-state index contributed by atoms with van der Waals surface area (Å²) in [5.41, 5.74) is 2.98. The predicted molar refractivity (Wildman–Crippen MR) is 81.3 cm³/mol. The van der Waals surface area contributed by atoms with Crippen LogP contribution in [0.1, 0.15) is 31.7 Å². The van der Waals surface area contributed by atoms with Crippen molar-refractivity contribution in [1.29, 1.82) is 0 Å². The average molecular weight is 248 g/mol. The van der Waals surface area contributed by atoms with Crippen LogP contribution in [-0.2, 0) is 0 Å². The van der Waals surface area contributed by atoms with Crippen LogP contribution in [-0.4, -0.2) is 31.2 Å². The molecule has 1 heterocycles. The molecule has 1 aromatic carbocycles. The minimum atomic E-state index is 0.221. The van der Waals surface area contributed by atoms with E-state index in [1.165, 1.54) is 11.3 Å². The molecule has 0 radical (unpaired) electrons. The molecule has 0 aromatic heterocycles. The molecule has 0 aliphatic carbocycles. The van der Waals surface area contributed by atoms with Crippen molar-refractivity contribution in [2.24, 2.45) is 0 Å². The normalized spacial score (nSPS) is 23.6. The van der Waals surface area contributed by atoms with Gasteiger partial charge < -0.3 is 10.1 Å². The van der Waals surface area contributed by atoms with E-state index in [0.29, 0.717) is 11.7 Å². The molecule has 0 bridgehead atoms. The Bertz CT molecular complexity index is 406. The van der Waals surface area contributed by atoms with E-state index in [-0.39, 0.29) is 5.54 Å². The van der Waals surface area contributed by atoms with E-state index in [4.69, 9.17) is 0 Å². The van der Waals surface area contributed by atoms with Crippen molar-refractivity contribution in [3.05, 3.63) is 29.8 Å². The monoisotopic (exact) mass is 248 g/mol. The highest BCUT2D eigenvalue weighted by Gasteiger charge is 2.34. The van der Waals surface area contributed by atoms with Gasteiger partial charge in [0.2, 0.25) is 0 Å². The van der Waals surface area contributed by atoms with Crippen molar-refractivity contribution < 1.29 is 0 Å². The number of hydrogen-bond donors (Lipinski definition) is 1. The van der Waals surface area contributed by atoms with Crippen LogP contribution in [0.2, 0.25) is 0 Å². The molecule has 1 N–H and O–H groups in total. The fraction of sp³-hybridized carbons (Fsp3) is 0.538. The van der Waals surface area contributed by atoms with E-state index in [1.807, 2.05) is 0 Å². The SMILES string of the molecule is BN(C)C(C)(C)CC1c2ccccc2NC1P. The molecule has 17 heavy (non-hydrogen) atoms. The maximum absolute atomic E-state index is 3.55. The zero-order chi connectivity index (χ0) is 12.6. The molecule has 2 rings (SSSR count). The fourth-order valence-electron chi connectivity index (χ4n) is 2.38. The first-order chi connectivity index (χ1) is 7.92. The van der Waals surface area contributed by atoms with Crippen LogP contribution in [0.3, 0.4) is 0 Å². The topological polar surface area (TPSA) is 15.3 Å². The van der Waals surface area contributed by atoms with Gasteiger partial charge in [-0.3, -0.25) is 0 Å². The minimum absolute atomic E-state index is 0.221. The van der Waals surface area contributed by atoms with Gasteiger partial charge in [-0.1, -0.05) is 18.2 Å². The molecule has 0 fully saturated rings. The summed E-state index contributed by atoms with van der Waals surface area (Å²) in [7, 11) is 7.26. The van der Waals surface area contributed by atoms with E-state index >= 15 is 0 Å². The lowest BCUT2D eigenvalue weighted by atomic mass is 9.84. The fourth-order valence-corrected chi connectivity index (χ4v) is 2.91. The molecule has 4 heteroatoms. The van der Waals surface area contributed by atoms with Crippen molar-refractivity contribution in [1.82, 2.24) is 4.81 Å². The van der Waals surface area contributed by atoms with Crippen LogP contribution in [0.15, 0.2) is 24.3 Å². The smallest absolute Gasteiger partial charge is 0.185 e. The lowest BCUT2D eigenvalue weighted by molar-refractivity contribution is 0.242. The van der Waals surface area contributed by atoms with Gasteiger partial charge in [-0.15, -0.1) is 9.24 Å². The number of benzene rings is 1. The highest BCUT2D eigenvalue weighted by atomic mass is 31.0. The van der Waals surface area contributed by atoms with Gasteiger partial charge in [-0.05, 0) is 38.9 Å². The van der Waals surface area contributed by atoms with Crippen LogP contribution in [0.4, 0.5) is 5.69 Å². The first-order valence-electron chi connectivity index (χ1n) is 6.20. The van der Waals surface area contributed by atoms with Crippen molar-refractivity contribution in [2.45, 2.75) is 37.5 Å². The summed E-state index contributed by atoms with van der Waals surface area (Å²) in [5, 5.41) is 3.55. The molecule has 3 atom stereocenters. The summed E-state index contributed by atoms with van der Waals surface area (Å²) >= 11 is 0. The van der Waals surface area contributed by atoms with Gasteiger partial charge in [0.15, 0.2) is 7.98 Å². The van der Waals surface area contributed by atoms with E-state index in [1.54, 1.807) is 0 Å². The number of hydrogen-bond acceptors (Lipinski definition) is 2. The Morgan fingerprint density at radius 1 is 1.41 bits per heavy atom. The third-order valence-corrected chi connectivity index (χ3v) is 4.68. The molecule has 92 valence electrons. The lowest BCUT2D eigenvalue weighted by Crippen LogP contribution is -2.41. The summed E-state index contributed by atoms with van der Waals surface area (Å²) in [6.45, 7) is 4.62. The molecule has 1 aliphatic rings. The van der Waals surface area contributed by atoms with Crippen molar-refractivity contribution in [3.63, 3.8) is 0 Å². The number of anilines is 1. The van der Waals surface area contributed by atoms with Crippen LogP contribution in [0, 0.1) is 0 Å². The molecule has 1 aromatic rings. The molecule has 1 aliphatic heterocycles. The number of nitrogens with one attached hydrogen (secondary N) is 1. The molecular formula is C13H22BN2P. The first kappa shape index (κ1) is 12.9. The van der Waals surface area contributed by atoms with E-state index < -0.39 is 0 Å². The molecule has 0 amide bonds. The zero-order valence-electron chi connectivity index (χ0n) is 11.2. The maximum Gasteiger partial charge on any atom is 0.185 e. The van der Waals surface area contributed by atoms with Crippen molar-refractivity contribution in [3.8, 4) is 0 Å². The van der Waals surface area contributed by atoms with Gasteiger partial charge in [0.05, 0.1) is 0 Å². The second kappa shape index (κ2) is 4.63. The Labute approximate surface area is 108 Å². The molecule has 0 spiro atoms. The molecule has 2 nitrogen and oxygen atoms in total. The summed E-state index contributed by atoms with van der Waals surface area (Å²) in [4.78, 5) is 2.31. The zero-order valence-corrected chi connectivity index (χ0v) is 12.4. The maximum atomic E-state index is 3.55. The lowest BCUT2D eigenvalue weighted by Gasteiger charge is -2.36. The Hall–Kier alpha value is -0.525. The molecular weight excluding hydrogens is 226 g/mol. The third-order valence-electron chi connectivity index (χ3n) is 4.05. The second-order valence-corrected chi connectivity index (χ2v) is 6.49. The van der Waals surface area contributed by atoms with Gasteiger partial charge in [-0.25, -0.2) is 0 Å². The number of nitrogens with zero attached hydrogens (tertiary/aromatic N) is 1. The Morgan fingerprint density at radius 3 is 2.71 bits per heavy atom. The largest absolute Gasteiger partial charge is 0.378 e. The van der Waals surface area contributed by atoms with Gasteiger partial charge in [-0.2, -0.15) is 0 Å². The quantitative estimate of drug-likeness (QED) is 0.650. The van der Waals surface area contributed by atoms with E-state index in [0.717, 1.165) is 6.42 Å². The van der Waals surface area contributed by atoms with E-state index in [2.05, 4.69) is 72.5 Å². The van der Waals surface area contributed by atoms with Crippen LogP contribution >= 0.6 is 9.24 Å². The number of rotatable bonds is 3. The average Bonchev–Trinajstić information content (AvgIpc) is 2.55. The summed E-state index contributed by atoms with van der Waals surface area (Å²) in [5.74, 6) is 1.03. The van der Waals surface area contributed by atoms with Gasteiger partial charge in [0, 0.05) is 22.9 Å². The van der Waals surface area contributed by atoms with Crippen LogP contribution in [0.5, 0.6) is 0 Å². The minimum Gasteiger partial charge on any atom is -0.378 e. The number of para-hydroxylation sites is 1. The highest BCUT2D eigenvalue weighted by Crippen LogP contribution is 2.43. The first-order valence-corrected chi connectivity index (χ1v) is 6.87. The second-order valence-electron chi connectivity index (χ2n) is 5.77. The van der Waals surface area contributed by atoms with Crippen LogP contribution in [0.25, 0.3) is 0 Å². The Balaban J connectivity index is 2.23. The molecule has 0 saturated heterocycles. The Kier molecular flexibility index (Phi) is 3.52. The van der Waals surface area contributed by atoms with Gasteiger partial charge in [0.25, 0.3) is 0 Å². The van der Waals surface area contributed by atoms with Crippen molar-refractivity contribution in [2.75, 3.05) is 12.4 Å². The van der Waals surface area contributed by atoms with Crippen LogP contribution < -0.4 is 5.32 Å². The summed E-state index contributed by atoms with van der Waals surface area (Å²) < 4.78 is 0. The highest BCUT2D eigenvalue weighted by molar-refractivity contribution is 7.18. The van der Waals surface area contributed by atoms with E-state index in [9.17, 15) is 0 Å². The standard InChI is InChI=1S/C13H22BN2P/c1-13(2,16(3)14)8-10-9-6-4-5-7-11(9)15-12(10)17/h4-7,10,12,15H,8,14,17H2,1-3H3. The Morgan fingerprint density at radius 2 is 2.06 bits per heavy atom.